The molecule has 37 heavy (non-hydrogen) atoms. The van der Waals surface area contributed by atoms with Gasteiger partial charge in [-0.2, -0.15) is 0 Å². The highest BCUT2D eigenvalue weighted by molar-refractivity contribution is 5.91. The van der Waals surface area contributed by atoms with Gasteiger partial charge in [-0.1, -0.05) is 48.5 Å². The zero-order chi connectivity index (χ0) is 26.0. The van der Waals surface area contributed by atoms with Gasteiger partial charge in [0, 0.05) is 0 Å². The second-order valence-electron chi connectivity index (χ2n) is 7.97. The highest BCUT2D eigenvalue weighted by Crippen LogP contribution is 2.31. The maximum atomic E-state index is 12.4. The number of hydrogen-bond acceptors (Lipinski definition) is 7. The van der Waals surface area contributed by atoms with Crippen molar-refractivity contribution < 1.29 is 33.3 Å². The Kier molecular flexibility index (Phi) is 8.52. The lowest BCUT2D eigenvalue weighted by molar-refractivity contribution is 0.0720. The maximum absolute atomic E-state index is 12.4. The van der Waals surface area contributed by atoms with Crippen molar-refractivity contribution in [2.24, 2.45) is 0 Å². The fourth-order valence-electron chi connectivity index (χ4n) is 3.52. The van der Waals surface area contributed by atoms with Crippen LogP contribution in [-0.4, -0.2) is 26.2 Å². The Morgan fingerprint density at radius 3 is 1.32 bits per heavy atom. The van der Waals surface area contributed by atoms with Gasteiger partial charge in [0.25, 0.3) is 0 Å². The van der Waals surface area contributed by atoms with Gasteiger partial charge in [0.15, 0.2) is 23.0 Å². The quantitative estimate of drug-likeness (QED) is 0.200. The molecule has 0 aliphatic rings. The molecule has 0 fully saturated rings. The molecule has 0 spiro atoms. The molecule has 0 heterocycles. The van der Waals surface area contributed by atoms with E-state index in [1.807, 2.05) is 24.3 Å². The predicted octanol–water partition coefficient (Wildman–Crippen LogP) is 5.86. The minimum atomic E-state index is -0.463. The summed E-state index contributed by atoms with van der Waals surface area (Å²) in [5.74, 6) is 0.578. The summed E-state index contributed by atoms with van der Waals surface area (Å²) in [5.41, 5.74) is 2.59. The Balaban J connectivity index is 1.35. The summed E-state index contributed by atoms with van der Waals surface area (Å²) in [6.07, 6.45) is 0. The van der Waals surface area contributed by atoms with E-state index >= 15 is 0 Å². The van der Waals surface area contributed by atoms with Crippen LogP contribution in [0.4, 0.5) is 0 Å². The van der Waals surface area contributed by atoms with Crippen LogP contribution in [0.3, 0.4) is 0 Å². The number of rotatable bonds is 10. The van der Waals surface area contributed by atoms with Crippen molar-refractivity contribution in [3.63, 3.8) is 0 Å². The Morgan fingerprint density at radius 1 is 0.541 bits per heavy atom. The van der Waals surface area contributed by atoms with Crippen molar-refractivity contribution >= 4 is 11.9 Å². The number of carbonyl (C=O) groups excluding carboxylic acids is 2. The van der Waals surface area contributed by atoms with Gasteiger partial charge in [0.2, 0.25) is 0 Å². The highest BCUT2D eigenvalue weighted by Gasteiger charge is 2.14. The van der Waals surface area contributed by atoms with Gasteiger partial charge < -0.3 is 23.7 Å². The smallest absolute Gasteiger partial charge is 0.343 e. The number of esters is 2. The largest absolute Gasteiger partial charge is 0.493 e. The van der Waals surface area contributed by atoms with Gasteiger partial charge in [0.05, 0.1) is 38.6 Å². The first kappa shape index (κ1) is 25.5. The van der Waals surface area contributed by atoms with Crippen molar-refractivity contribution in [1.29, 1.82) is 0 Å². The average molecular weight is 499 g/mol. The van der Waals surface area contributed by atoms with E-state index < -0.39 is 11.9 Å². The van der Waals surface area contributed by atoms with Crippen LogP contribution < -0.4 is 18.9 Å². The second-order valence-corrected chi connectivity index (χ2v) is 7.97. The van der Waals surface area contributed by atoms with E-state index in [4.69, 9.17) is 23.7 Å². The van der Waals surface area contributed by atoms with E-state index in [1.165, 1.54) is 14.2 Å². The van der Waals surface area contributed by atoms with Gasteiger partial charge in [-0.15, -0.1) is 0 Å². The van der Waals surface area contributed by atoms with Crippen molar-refractivity contribution in [3.05, 3.63) is 119 Å². The lowest BCUT2D eigenvalue weighted by Crippen LogP contribution is -2.09. The van der Waals surface area contributed by atoms with Gasteiger partial charge in [-0.3, -0.25) is 0 Å². The van der Waals surface area contributed by atoms with Gasteiger partial charge >= 0.3 is 11.9 Å². The van der Waals surface area contributed by atoms with Crippen molar-refractivity contribution in [2.75, 3.05) is 14.2 Å². The summed E-state index contributed by atoms with van der Waals surface area (Å²) in [6.45, 7) is 0.604. The summed E-state index contributed by atoms with van der Waals surface area (Å²) < 4.78 is 27.6. The number of hydrogen-bond donors (Lipinski definition) is 0. The number of benzene rings is 4. The monoisotopic (exact) mass is 498 g/mol. The molecule has 4 aromatic rings. The van der Waals surface area contributed by atoms with Crippen LogP contribution >= 0.6 is 0 Å². The first-order valence-corrected chi connectivity index (χ1v) is 11.5. The van der Waals surface area contributed by atoms with E-state index in [0.29, 0.717) is 47.3 Å². The molecule has 0 bridgehead atoms. The molecule has 0 aliphatic heterocycles. The topological polar surface area (TPSA) is 80.3 Å². The van der Waals surface area contributed by atoms with Crippen LogP contribution in [-0.2, 0) is 18.0 Å². The van der Waals surface area contributed by atoms with E-state index in [1.54, 1.807) is 72.8 Å². The van der Waals surface area contributed by atoms with Crippen LogP contribution in [0.1, 0.15) is 31.8 Å². The third kappa shape index (κ3) is 6.74. The maximum Gasteiger partial charge on any atom is 0.343 e. The van der Waals surface area contributed by atoms with Crippen LogP contribution in [0.25, 0.3) is 0 Å². The van der Waals surface area contributed by atoms with Crippen LogP contribution in [0.2, 0.25) is 0 Å². The summed E-state index contributed by atoms with van der Waals surface area (Å²) in [4.78, 5) is 24.7. The molecule has 188 valence electrons. The van der Waals surface area contributed by atoms with Crippen LogP contribution in [0.15, 0.2) is 97.1 Å². The molecular formula is C30H26O7. The fourth-order valence-corrected chi connectivity index (χ4v) is 3.52. The van der Waals surface area contributed by atoms with Crippen LogP contribution in [0.5, 0.6) is 23.0 Å². The molecule has 0 unspecified atom stereocenters. The molecule has 0 amide bonds. The molecule has 0 aromatic heterocycles. The number of ether oxygens (including phenoxy) is 5. The van der Waals surface area contributed by atoms with Gasteiger partial charge in [0.1, 0.15) is 0 Å². The molecular weight excluding hydrogens is 472 g/mol. The van der Waals surface area contributed by atoms with Crippen molar-refractivity contribution in [1.82, 2.24) is 0 Å². The van der Waals surface area contributed by atoms with Crippen molar-refractivity contribution in [3.8, 4) is 23.0 Å². The highest BCUT2D eigenvalue weighted by atomic mass is 16.6. The van der Waals surface area contributed by atoms with Gasteiger partial charge in [-0.25, -0.2) is 9.59 Å². The Morgan fingerprint density at radius 2 is 0.946 bits per heavy atom. The molecule has 4 rings (SSSR count). The zero-order valence-corrected chi connectivity index (χ0v) is 20.5. The standard InChI is InChI=1S/C30H26O7/c1-33-27-17-21(13-15-25(27)36-29(31)23-9-5-3-6-10-23)19-35-20-22-14-16-26(28(18-22)34-2)37-30(32)24-11-7-4-8-12-24/h3-18H,19-20H2,1-2H3. The molecule has 0 saturated carbocycles. The SMILES string of the molecule is COc1cc(COCc2ccc(OC(=O)c3ccccc3)c(OC)c2)ccc1OC(=O)c1ccccc1. The Hall–Kier alpha value is -4.62. The third-order valence-corrected chi connectivity index (χ3v) is 5.42. The third-order valence-electron chi connectivity index (χ3n) is 5.42. The molecule has 0 N–H and O–H groups in total. The second kappa shape index (κ2) is 12.4. The molecule has 0 atom stereocenters. The molecule has 0 aliphatic carbocycles. The molecule has 7 heteroatoms. The summed E-state index contributed by atoms with van der Waals surface area (Å²) in [7, 11) is 3.02. The van der Waals surface area contributed by atoms with Gasteiger partial charge in [-0.05, 0) is 59.7 Å². The minimum Gasteiger partial charge on any atom is -0.493 e. The summed E-state index contributed by atoms with van der Waals surface area (Å²) >= 11 is 0. The Bertz CT molecular complexity index is 1250. The molecule has 0 radical (unpaired) electrons. The predicted molar refractivity (Wildman–Crippen MR) is 137 cm³/mol. The van der Waals surface area contributed by atoms with Crippen molar-refractivity contribution in [2.45, 2.75) is 13.2 Å². The van der Waals surface area contributed by atoms with Crippen LogP contribution in [0, 0.1) is 0 Å². The van der Waals surface area contributed by atoms with E-state index in [0.717, 1.165) is 11.1 Å². The fraction of sp³-hybridized carbons (Fsp3) is 0.133. The minimum absolute atomic E-state index is 0.302. The molecule has 7 nitrogen and oxygen atoms in total. The first-order valence-electron chi connectivity index (χ1n) is 11.5. The lowest BCUT2D eigenvalue weighted by Gasteiger charge is -2.13. The summed E-state index contributed by atoms with van der Waals surface area (Å²) in [5, 5.41) is 0. The summed E-state index contributed by atoms with van der Waals surface area (Å²) in [6, 6.07) is 28.0. The normalized spacial score (nSPS) is 10.4. The molecule has 4 aromatic carbocycles. The van der Waals surface area contributed by atoms with E-state index in [-0.39, 0.29) is 0 Å². The zero-order valence-electron chi connectivity index (χ0n) is 20.5. The lowest BCUT2D eigenvalue weighted by atomic mass is 10.2. The Labute approximate surface area is 215 Å². The molecule has 0 saturated heterocycles. The van der Waals surface area contributed by atoms with E-state index in [2.05, 4.69) is 0 Å². The number of methoxy groups -OCH3 is 2. The average Bonchev–Trinajstić information content (AvgIpc) is 2.95. The van der Waals surface area contributed by atoms with E-state index in [9.17, 15) is 9.59 Å². The first-order chi connectivity index (χ1) is 18.1. The number of carbonyl (C=O) groups is 2.